The summed E-state index contributed by atoms with van der Waals surface area (Å²) in [6, 6.07) is 36.2. The molecule has 1 aliphatic carbocycles. The van der Waals surface area contributed by atoms with Gasteiger partial charge in [-0.05, 0) is 72.5 Å². The maximum atomic E-state index is 2.48. The molecule has 0 nitrogen and oxygen atoms in total. The second kappa shape index (κ2) is 8.14. The molecule has 2 aromatic carbocycles. The minimum Gasteiger partial charge on any atom is -0.140 e. The van der Waals surface area contributed by atoms with Gasteiger partial charge in [0.15, 0.2) is 0 Å². The molecule has 0 fully saturated rings. The lowest BCUT2D eigenvalue weighted by molar-refractivity contribution is 0.772. The maximum absolute atomic E-state index is 2.48. The van der Waals surface area contributed by atoms with Crippen molar-refractivity contribution < 1.29 is 0 Å². The van der Waals surface area contributed by atoms with Gasteiger partial charge < -0.3 is 0 Å². The lowest BCUT2D eigenvalue weighted by atomic mass is 9.68. The topological polar surface area (TPSA) is 0 Å². The van der Waals surface area contributed by atoms with Crippen molar-refractivity contribution in [3.8, 4) is 29.3 Å². The summed E-state index contributed by atoms with van der Waals surface area (Å²) in [4.78, 5) is 11.1. The van der Waals surface area contributed by atoms with Gasteiger partial charge in [-0.3, -0.25) is 0 Å². The van der Waals surface area contributed by atoms with E-state index in [0.717, 1.165) is 0 Å². The van der Waals surface area contributed by atoms with Crippen LogP contribution in [0.4, 0.5) is 0 Å². The zero-order valence-corrected chi connectivity index (χ0v) is 22.6. The molecule has 170 valence electrons. The Balaban J connectivity index is 1.57. The van der Waals surface area contributed by atoms with Crippen LogP contribution in [-0.4, -0.2) is 0 Å². The fraction of sp³-hybridized carbons (Fsp3) is 0.0968. The molecule has 0 unspecified atom stereocenters. The molecule has 0 N–H and O–H groups in total. The summed E-state index contributed by atoms with van der Waals surface area (Å²) in [5.74, 6) is 0. The third-order valence-electron chi connectivity index (χ3n) is 6.86. The molecule has 0 saturated carbocycles. The SMILES string of the molecule is Cc1ccc(-c2cc3c(s2)-c2sc(-c4ccc(C)s4)cc2C3(c2ccccc2)c2ccccc2)s1. The van der Waals surface area contributed by atoms with Crippen LogP contribution in [0.2, 0.25) is 0 Å². The van der Waals surface area contributed by atoms with Crippen LogP contribution in [0.3, 0.4) is 0 Å². The first-order chi connectivity index (χ1) is 17.1. The van der Waals surface area contributed by atoms with E-state index in [1.54, 1.807) is 0 Å². The molecule has 0 atom stereocenters. The summed E-state index contributed by atoms with van der Waals surface area (Å²) in [7, 11) is 0. The van der Waals surface area contributed by atoms with E-state index in [1.165, 1.54) is 61.3 Å². The Morgan fingerprint density at radius 1 is 0.457 bits per heavy atom. The van der Waals surface area contributed by atoms with E-state index >= 15 is 0 Å². The summed E-state index contributed by atoms with van der Waals surface area (Å²) in [5, 5.41) is 0. The molecule has 4 heterocycles. The standard InChI is InChI=1S/C31H22S4/c1-19-13-15-25(32-19)27-17-23-29(34-27)30-24(18-28(35-30)26-16-14-20(2)33-26)31(23,21-9-5-3-6-10-21)22-11-7-4-8-12-22/h3-18H,1-2H3. The fourth-order valence-corrected chi connectivity index (χ4v) is 9.85. The van der Waals surface area contributed by atoms with Crippen molar-refractivity contribution in [1.82, 2.24) is 0 Å². The summed E-state index contributed by atoms with van der Waals surface area (Å²) < 4.78 is 0. The van der Waals surface area contributed by atoms with Crippen molar-refractivity contribution >= 4 is 45.3 Å². The molecule has 7 rings (SSSR count). The van der Waals surface area contributed by atoms with Gasteiger partial charge in [0, 0.05) is 29.3 Å². The van der Waals surface area contributed by atoms with Gasteiger partial charge in [0.1, 0.15) is 0 Å². The molecule has 1 aliphatic rings. The number of fused-ring (bicyclic) bond motifs is 3. The van der Waals surface area contributed by atoms with Crippen LogP contribution in [0.5, 0.6) is 0 Å². The van der Waals surface area contributed by atoms with E-state index in [-0.39, 0.29) is 5.41 Å². The molecule has 4 heteroatoms. The Labute approximate surface area is 221 Å². The second-order valence-corrected chi connectivity index (χ2v) is 13.7. The normalized spacial score (nSPS) is 13.7. The fourth-order valence-electron chi connectivity index (χ4n) is 5.36. The van der Waals surface area contributed by atoms with Gasteiger partial charge in [-0.2, -0.15) is 0 Å². The quantitative estimate of drug-likeness (QED) is 0.216. The van der Waals surface area contributed by atoms with E-state index < -0.39 is 0 Å². The molecule has 0 bridgehead atoms. The van der Waals surface area contributed by atoms with Gasteiger partial charge in [-0.1, -0.05) is 60.7 Å². The van der Waals surface area contributed by atoms with Gasteiger partial charge in [0.25, 0.3) is 0 Å². The third kappa shape index (κ3) is 3.21. The summed E-state index contributed by atoms with van der Waals surface area (Å²) >= 11 is 7.70. The van der Waals surface area contributed by atoms with Crippen LogP contribution in [0.25, 0.3) is 29.3 Å². The van der Waals surface area contributed by atoms with Gasteiger partial charge in [0.05, 0.1) is 15.2 Å². The highest BCUT2D eigenvalue weighted by atomic mass is 32.1. The number of thiophene rings is 4. The van der Waals surface area contributed by atoms with Crippen molar-refractivity contribution in [1.29, 1.82) is 0 Å². The first-order valence-electron chi connectivity index (χ1n) is 11.7. The average Bonchev–Trinajstić information content (AvgIpc) is 3.68. The molecular weight excluding hydrogens is 501 g/mol. The van der Waals surface area contributed by atoms with Crippen LogP contribution in [0.15, 0.2) is 97.1 Å². The number of hydrogen-bond acceptors (Lipinski definition) is 4. The van der Waals surface area contributed by atoms with Gasteiger partial charge in [-0.15, -0.1) is 45.3 Å². The van der Waals surface area contributed by atoms with Crippen LogP contribution in [0, 0.1) is 13.8 Å². The minimum atomic E-state index is -0.310. The van der Waals surface area contributed by atoms with Crippen molar-refractivity contribution in [3.05, 3.63) is 129 Å². The molecule has 0 aliphatic heterocycles. The van der Waals surface area contributed by atoms with E-state index in [1.807, 2.05) is 45.3 Å². The molecule has 35 heavy (non-hydrogen) atoms. The lowest BCUT2D eigenvalue weighted by Gasteiger charge is -2.32. The Hall–Kier alpha value is -2.76. The first-order valence-corrected chi connectivity index (χ1v) is 14.9. The van der Waals surface area contributed by atoms with E-state index in [2.05, 4.69) is 111 Å². The molecule has 6 aromatic rings. The predicted molar refractivity (Wildman–Crippen MR) is 156 cm³/mol. The van der Waals surface area contributed by atoms with Gasteiger partial charge in [0.2, 0.25) is 0 Å². The first kappa shape index (κ1) is 21.5. The van der Waals surface area contributed by atoms with Crippen LogP contribution < -0.4 is 0 Å². The molecule has 0 saturated heterocycles. The number of hydrogen-bond donors (Lipinski definition) is 0. The van der Waals surface area contributed by atoms with Crippen molar-refractivity contribution in [3.63, 3.8) is 0 Å². The maximum Gasteiger partial charge on any atom is 0.0730 e. The molecule has 0 radical (unpaired) electrons. The third-order valence-corrected chi connectivity index (χ3v) is 11.7. The highest BCUT2D eigenvalue weighted by Gasteiger charge is 2.49. The summed E-state index contributed by atoms with van der Waals surface area (Å²) in [6.45, 7) is 4.39. The Kier molecular flexibility index (Phi) is 5.00. The van der Waals surface area contributed by atoms with Crippen molar-refractivity contribution in [2.24, 2.45) is 0 Å². The van der Waals surface area contributed by atoms with E-state index in [0.29, 0.717) is 0 Å². The molecule has 0 amide bonds. The highest BCUT2D eigenvalue weighted by molar-refractivity contribution is 7.29. The summed E-state index contributed by atoms with van der Waals surface area (Å²) in [6.07, 6.45) is 0. The molecular formula is C31H22S4. The monoisotopic (exact) mass is 522 g/mol. The van der Waals surface area contributed by atoms with Crippen LogP contribution in [-0.2, 0) is 5.41 Å². The largest absolute Gasteiger partial charge is 0.140 e. The average molecular weight is 523 g/mol. The lowest BCUT2D eigenvalue weighted by Crippen LogP contribution is -2.27. The second-order valence-electron chi connectivity index (χ2n) is 9.01. The highest BCUT2D eigenvalue weighted by Crippen LogP contribution is 2.63. The van der Waals surface area contributed by atoms with Gasteiger partial charge >= 0.3 is 0 Å². The van der Waals surface area contributed by atoms with Crippen LogP contribution >= 0.6 is 45.3 Å². The van der Waals surface area contributed by atoms with E-state index in [4.69, 9.17) is 0 Å². The van der Waals surface area contributed by atoms with Gasteiger partial charge in [-0.25, -0.2) is 0 Å². The molecule has 0 spiro atoms. The smallest absolute Gasteiger partial charge is 0.0730 e. The zero-order chi connectivity index (χ0) is 23.6. The van der Waals surface area contributed by atoms with Crippen molar-refractivity contribution in [2.75, 3.05) is 0 Å². The molecule has 4 aromatic heterocycles. The number of aryl methyl sites for hydroxylation is 2. The van der Waals surface area contributed by atoms with Crippen molar-refractivity contribution in [2.45, 2.75) is 19.3 Å². The zero-order valence-electron chi connectivity index (χ0n) is 19.4. The minimum absolute atomic E-state index is 0.310. The summed E-state index contributed by atoms with van der Waals surface area (Å²) in [5.41, 5.74) is 5.22. The Morgan fingerprint density at radius 3 is 1.26 bits per heavy atom. The Morgan fingerprint density at radius 2 is 0.886 bits per heavy atom. The van der Waals surface area contributed by atoms with E-state index in [9.17, 15) is 0 Å². The Bertz CT molecular complexity index is 1530. The number of rotatable bonds is 4. The van der Waals surface area contributed by atoms with Crippen LogP contribution in [0.1, 0.15) is 32.0 Å². The predicted octanol–water partition coefficient (Wildman–Crippen LogP) is 10.2. The number of benzene rings is 2.